The second-order valence-corrected chi connectivity index (χ2v) is 11.4. The maximum atomic E-state index is 13.7. The molecule has 3 atom stereocenters. The Morgan fingerprint density at radius 1 is 1.00 bits per heavy atom. The van der Waals surface area contributed by atoms with E-state index in [0.29, 0.717) is 29.0 Å². The van der Waals surface area contributed by atoms with Gasteiger partial charge in [-0.2, -0.15) is 0 Å². The van der Waals surface area contributed by atoms with Crippen molar-refractivity contribution in [2.45, 2.75) is 65.0 Å². The summed E-state index contributed by atoms with van der Waals surface area (Å²) >= 11 is 0. The first-order chi connectivity index (χ1) is 18.5. The van der Waals surface area contributed by atoms with Gasteiger partial charge >= 0.3 is 0 Å². The first-order valence-corrected chi connectivity index (χ1v) is 13.9. The number of oxazole rings is 1. The van der Waals surface area contributed by atoms with Gasteiger partial charge in [-0.1, -0.05) is 6.07 Å². The standard InChI is InChI=1S/C25H32N8O5S/c1-14(2)37-21(22-26-11-15(3)12-27-22)18(6)39(34,35)32-25-31-30-23(19-9-8-10-20(29-19)36-7)33(25)17(5)24-28-13-16(4)38-24/h8-14,17-18,21H,1-7H3,(H,31,32). The summed E-state index contributed by atoms with van der Waals surface area (Å²) in [4.78, 5) is 17.4. The Kier molecular flexibility index (Phi) is 8.25. The van der Waals surface area contributed by atoms with E-state index in [2.05, 4.69) is 34.9 Å². The number of ether oxygens (including phenoxy) is 2. The molecule has 4 aromatic heterocycles. The van der Waals surface area contributed by atoms with Gasteiger partial charge in [-0.15, -0.1) is 10.2 Å². The smallest absolute Gasteiger partial charge is 0.240 e. The van der Waals surface area contributed by atoms with E-state index in [4.69, 9.17) is 13.9 Å². The lowest BCUT2D eigenvalue weighted by Gasteiger charge is -2.25. The summed E-state index contributed by atoms with van der Waals surface area (Å²) in [5, 5.41) is 7.34. The Hall–Kier alpha value is -3.91. The minimum atomic E-state index is -4.11. The summed E-state index contributed by atoms with van der Waals surface area (Å²) in [7, 11) is -2.60. The second-order valence-electron chi connectivity index (χ2n) is 9.34. The van der Waals surface area contributed by atoms with Crippen molar-refractivity contribution in [1.82, 2.24) is 34.7 Å². The van der Waals surface area contributed by atoms with E-state index in [9.17, 15) is 8.42 Å². The van der Waals surface area contributed by atoms with Crippen LogP contribution in [0.2, 0.25) is 0 Å². The fourth-order valence-corrected chi connectivity index (χ4v) is 4.93. The number of pyridine rings is 1. The molecule has 0 aromatic carbocycles. The molecule has 0 aliphatic rings. The molecule has 3 unspecified atom stereocenters. The molecular weight excluding hydrogens is 524 g/mol. The van der Waals surface area contributed by atoms with Gasteiger partial charge in [0.25, 0.3) is 0 Å². The van der Waals surface area contributed by atoms with Crippen molar-refractivity contribution in [2.24, 2.45) is 0 Å². The van der Waals surface area contributed by atoms with E-state index in [1.165, 1.54) is 14.0 Å². The first-order valence-electron chi connectivity index (χ1n) is 12.3. The predicted octanol–water partition coefficient (Wildman–Crippen LogP) is 3.65. The summed E-state index contributed by atoms with van der Waals surface area (Å²) in [6, 6.07) is 4.58. The fourth-order valence-electron chi connectivity index (χ4n) is 3.84. The van der Waals surface area contributed by atoms with Crippen LogP contribution < -0.4 is 9.46 Å². The molecule has 4 heterocycles. The Morgan fingerprint density at radius 2 is 1.72 bits per heavy atom. The monoisotopic (exact) mass is 556 g/mol. The van der Waals surface area contributed by atoms with Gasteiger partial charge in [0, 0.05) is 18.5 Å². The number of sulfonamides is 1. The van der Waals surface area contributed by atoms with E-state index in [0.717, 1.165) is 5.56 Å². The molecule has 1 N–H and O–H groups in total. The SMILES string of the molecule is COc1cccc(-c2nnc(NS(=O)(=O)C(C)C(OC(C)C)c3ncc(C)cn3)n2C(C)c2ncc(C)o2)n1. The van der Waals surface area contributed by atoms with Crippen LogP contribution in [0.4, 0.5) is 5.95 Å². The normalized spacial score (nSPS) is 14.3. The van der Waals surface area contributed by atoms with Crippen molar-refractivity contribution in [3.05, 3.63) is 59.8 Å². The van der Waals surface area contributed by atoms with Crippen LogP contribution in [0.15, 0.2) is 41.2 Å². The van der Waals surface area contributed by atoms with Gasteiger partial charge < -0.3 is 13.9 Å². The van der Waals surface area contributed by atoms with Gasteiger partial charge in [-0.3, -0.25) is 9.29 Å². The third kappa shape index (κ3) is 6.23. The van der Waals surface area contributed by atoms with Crippen LogP contribution in [0.3, 0.4) is 0 Å². The quantitative estimate of drug-likeness (QED) is 0.287. The molecule has 0 aliphatic heterocycles. The lowest BCUT2D eigenvalue weighted by molar-refractivity contribution is 0.00152. The molecule has 0 amide bonds. The molecular formula is C25H32N8O5S. The van der Waals surface area contributed by atoms with E-state index in [-0.39, 0.29) is 17.9 Å². The molecule has 13 nitrogen and oxygen atoms in total. The third-order valence-electron chi connectivity index (χ3n) is 5.86. The molecule has 0 saturated heterocycles. The zero-order valence-corrected chi connectivity index (χ0v) is 23.7. The number of anilines is 1. The van der Waals surface area contributed by atoms with Crippen LogP contribution in [0.25, 0.3) is 11.5 Å². The van der Waals surface area contributed by atoms with Crippen molar-refractivity contribution < 1.29 is 22.3 Å². The lowest BCUT2D eigenvalue weighted by Crippen LogP contribution is -2.35. The van der Waals surface area contributed by atoms with Crippen molar-refractivity contribution in [1.29, 1.82) is 0 Å². The highest BCUT2D eigenvalue weighted by Gasteiger charge is 2.36. The molecule has 0 saturated carbocycles. The molecule has 39 heavy (non-hydrogen) atoms. The van der Waals surface area contributed by atoms with Crippen LogP contribution in [0.5, 0.6) is 5.88 Å². The maximum absolute atomic E-state index is 13.7. The molecule has 0 aliphatic carbocycles. The fraction of sp³-hybridized carbons (Fsp3) is 0.440. The predicted molar refractivity (Wildman–Crippen MR) is 143 cm³/mol. The van der Waals surface area contributed by atoms with Crippen LogP contribution in [0.1, 0.15) is 62.9 Å². The van der Waals surface area contributed by atoms with Gasteiger partial charge in [-0.25, -0.2) is 28.4 Å². The molecule has 0 fully saturated rings. The minimum absolute atomic E-state index is 0.0436. The Labute approximate surface area is 227 Å². The Bertz CT molecular complexity index is 1520. The van der Waals surface area contributed by atoms with E-state index in [1.54, 1.807) is 55.2 Å². The topological polar surface area (TPSA) is 160 Å². The third-order valence-corrected chi connectivity index (χ3v) is 7.56. The lowest BCUT2D eigenvalue weighted by atomic mass is 10.2. The number of aromatic nitrogens is 7. The molecule has 4 aromatic rings. The number of nitrogens with one attached hydrogen (secondary N) is 1. The number of nitrogens with zero attached hydrogens (tertiary/aromatic N) is 7. The minimum Gasteiger partial charge on any atom is -0.481 e. The number of rotatable bonds is 11. The van der Waals surface area contributed by atoms with Crippen LogP contribution in [-0.4, -0.2) is 61.6 Å². The maximum Gasteiger partial charge on any atom is 0.240 e. The van der Waals surface area contributed by atoms with E-state index >= 15 is 0 Å². The van der Waals surface area contributed by atoms with E-state index < -0.39 is 27.4 Å². The van der Waals surface area contributed by atoms with Gasteiger partial charge in [0.15, 0.2) is 11.6 Å². The van der Waals surface area contributed by atoms with E-state index in [1.807, 2.05) is 20.8 Å². The number of hydrogen-bond donors (Lipinski definition) is 1. The average Bonchev–Trinajstić information content (AvgIpc) is 3.53. The number of hydrogen-bond acceptors (Lipinski definition) is 11. The average molecular weight is 557 g/mol. The second kappa shape index (κ2) is 11.5. The summed E-state index contributed by atoms with van der Waals surface area (Å²) in [5.74, 6) is 1.83. The molecule has 208 valence electrons. The molecule has 0 radical (unpaired) electrons. The Balaban J connectivity index is 1.75. The van der Waals surface area contributed by atoms with Gasteiger partial charge in [0.05, 0.1) is 19.4 Å². The van der Waals surface area contributed by atoms with Gasteiger partial charge in [-0.05, 0) is 53.2 Å². The van der Waals surface area contributed by atoms with Crippen molar-refractivity contribution in [3.63, 3.8) is 0 Å². The summed E-state index contributed by atoms with van der Waals surface area (Å²) in [6.45, 7) is 10.6. The number of aryl methyl sites for hydroxylation is 2. The first kappa shape index (κ1) is 28.1. The summed E-state index contributed by atoms with van der Waals surface area (Å²) in [5.41, 5.74) is 1.27. The zero-order chi connectivity index (χ0) is 28.3. The molecule has 4 rings (SSSR count). The largest absolute Gasteiger partial charge is 0.481 e. The van der Waals surface area contributed by atoms with Crippen LogP contribution in [-0.2, 0) is 14.8 Å². The van der Waals surface area contributed by atoms with Gasteiger partial charge in [0.2, 0.25) is 27.7 Å². The highest BCUT2D eigenvalue weighted by Crippen LogP contribution is 2.31. The van der Waals surface area contributed by atoms with Gasteiger partial charge in [0.1, 0.15) is 28.8 Å². The molecule has 0 spiro atoms. The zero-order valence-electron chi connectivity index (χ0n) is 22.9. The number of methoxy groups -OCH3 is 1. The highest BCUT2D eigenvalue weighted by molar-refractivity contribution is 7.93. The summed E-state index contributed by atoms with van der Waals surface area (Å²) in [6.07, 6.45) is 3.61. The van der Waals surface area contributed by atoms with Crippen molar-refractivity contribution in [3.8, 4) is 17.4 Å². The molecule has 14 heteroatoms. The van der Waals surface area contributed by atoms with Crippen LogP contribution in [0, 0.1) is 13.8 Å². The summed E-state index contributed by atoms with van der Waals surface area (Å²) < 4.78 is 48.6. The molecule has 0 bridgehead atoms. The van der Waals surface area contributed by atoms with Crippen LogP contribution >= 0.6 is 0 Å². The Morgan fingerprint density at radius 3 is 2.33 bits per heavy atom. The van der Waals surface area contributed by atoms with Crippen molar-refractivity contribution >= 4 is 16.0 Å². The highest BCUT2D eigenvalue weighted by atomic mass is 32.2. The van der Waals surface area contributed by atoms with Crippen molar-refractivity contribution in [2.75, 3.05) is 11.8 Å².